The molecule has 9 nitrogen and oxygen atoms in total. The quantitative estimate of drug-likeness (QED) is 0.529. The molecule has 0 radical (unpaired) electrons. The van der Waals surface area contributed by atoms with Gasteiger partial charge in [-0.05, 0) is 33.6 Å². The third-order valence-electron chi connectivity index (χ3n) is 6.02. The molecule has 0 amide bonds. The Balaban J connectivity index is 1.69. The molecule has 0 spiro atoms. The van der Waals surface area contributed by atoms with Crippen molar-refractivity contribution >= 4 is 5.96 Å². The van der Waals surface area contributed by atoms with Gasteiger partial charge in [-0.3, -0.25) is 4.90 Å². The Bertz CT molecular complexity index is 660. The average Bonchev–Trinajstić information content (AvgIpc) is 3.32. The summed E-state index contributed by atoms with van der Waals surface area (Å²) in [7, 11) is 3.75. The van der Waals surface area contributed by atoms with E-state index in [0.29, 0.717) is 18.6 Å². The lowest BCUT2D eigenvalue weighted by atomic mass is 10.1. The Hall–Kier alpha value is -1.71. The van der Waals surface area contributed by atoms with Gasteiger partial charge in [-0.1, -0.05) is 0 Å². The fraction of sp³-hybridized carbons (Fsp3) is 0.850. The van der Waals surface area contributed by atoms with E-state index in [1.54, 1.807) is 7.11 Å². The van der Waals surface area contributed by atoms with Gasteiger partial charge in [-0.25, -0.2) is 4.99 Å². The van der Waals surface area contributed by atoms with Gasteiger partial charge in [0.2, 0.25) is 0 Å². The Morgan fingerprint density at radius 2 is 2.03 bits per heavy atom. The average molecular weight is 408 g/mol. The molecule has 0 aromatic carbocycles. The number of nitrogens with zero attached hydrogens (tertiary/aromatic N) is 6. The highest BCUT2D eigenvalue weighted by atomic mass is 16.5. The first-order valence-electron chi connectivity index (χ1n) is 10.7. The Kier molecular flexibility index (Phi) is 7.85. The lowest BCUT2D eigenvalue weighted by molar-refractivity contribution is 0.0437. The molecule has 1 N–H and O–H groups in total. The van der Waals surface area contributed by atoms with Gasteiger partial charge in [0.1, 0.15) is 12.4 Å². The molecule has 2 fully saturated rings. The maximum Gasteiger partial charge on any atom is 0.194 e. The molecule has 0 saturated carbocycles. The number of nitrogens with one attached hydrogen (secondary N) is 1. The van der Waals surface area contributed by atoms with Crippen LogP contribution < -0.4 is 5.32 Å². The standard InChI is InChI=1S/C20H37N7O2/c1-15-13-26(14-16(2)27(15)8-10-28-5)20(21-11-18-7-6-9-29-18)22-12-19-24-23-17(3)25(19)4/h15-16,18H,6-14H2,1-5H3,(H,21,22). The van der Waals surface area contributed by atoms with Gasteiger partial charge in [-0.2, -0.15) is 0 Å². The van der Waals surface area contributed by atoms with Crippen LogP contribution >= 0.6 is 0 Å². The molecule has 0 aliphatic carbocycles. The zero-order chi connectivity index (χ0) is 20.8. The summed E-state index contributed by atoms with van der Waals surface area (Å²) in [5.41, 5.74) is 0. The minimum Gasteiger partial charge on any atom is -0.383 e. The summed E-state index contributed by atoms with van der Waals surface area (Å²) in [6.07, 6.45) is 2.53. The first kappa shape index (κ1) is 22.0. The predicted molar refractivity (Wildman–Crippen MR) is 113 cm³/mol. The third-order valence-corrected chi connectivity index (χ3v) is 6.02. The van der Waals surface area contributed by atoms with Gasteiger partial charge >= 0.3 is 0 Å². The van der Waals surface area contributed by atoms with Crippen LogP contribution in [0.4, 0.5) is 0 Å². The lowest BCUT2D eigenvalue weighted by Crippen LogP contribution is -2.60. The highest BCUT2D eigenvalue weighted by molar-refractivity contribution is 5.80. The molecule has 2 aliphatic rings. The topological polar surface area (TPSA) is 80.0 Å². The van der Waals surface area contributed by atoms with E-state index in [1.165, 1.54) is 0 Å². The molecule has 3 rings (SSSR count). The van der Waals surface area contributed by atoms with Gasteiger partial charge in [0.05, 0.1) is 12.7 Å². The van der Waals surface area contributed by atoms with Crippen molar-refractivity contribution in [3.63, 3.8) is 0 Å². The fourth-order valence-electron chi connectivity index (χ4n) is 4.18. The summed E-state index contributed by atoms with van der Waals surface area (Å²) in [6, 6.07) is 0.862. The first-order chi connectivity index (χ1) is 14.0. The first-order valence-corrected chi connectivity index (χ1v) is 10.7. The predicted octanol–water partition coefficient (Wildman–Crippen LogP) is 0.789. The molecule has 3 heterocycles. The van der Waals surface area contributed by atoms with Crippen molar-refractivity contribution in [1.29, 1.82) is 0 Å². The number of piperazine rings is 1. The number of rotatable bonds is 7. The summed E-state index contributed by atoms with van der Waals surface area (Å²) < 4.78 is 13.1. The SMILES string of the molecule is COCCN1C(C)CN(C(=NCc2nnc(C)n2C)NCC2CCCO2)CC1C. The summed E-state index contributed by atoms with van der Waals surface area (Å²) >= 11 is 0. The number of guanidine groups is 1. The van der Waals surface area contributed by atoms with E-state index in [1.807, 2.05) is 18.5 Å². The fourth-order valence-corrected chi connectivity index (χ4v) is 4.18. The van der Waals surface area contributed by atoms with E-state index in [-0.39, 0.29) is 6.10 Å². The van der Waals surface area contributed by atoms with Crippen LogP contribution in [0.2, 0.25) is 0 Å². The number of hydrogen-bond donors (Lipinski definition) is 1. The van der Waals surface area contributed by atoms with Crippen molar-refractivity contribution in [2.24, 2.45) is 12.0 Å². The molecule has 3 atom stereocenters. The van der Waals surface area contributed by atoms with E-state index >= 15 is 0 Å². The second-order valence-electron chi connectivity index (χ2n) is 8.21. The molecule has 0 bridgehead atoms. The van der Waals surface area contributed by atoms with Crippen LogP contribution in [0.1, 0.15) is 38.3 Å². The molecule has 3 unspecified atom stereocenters. The second-order valence-corrected chi connectivity index (χ2v) is 8.21. The molecular formula is C20H37N7O2. The number of aromatic nitrogens is 3. The molecule has 9 heteroatoms. The highest BCUT2D eigenvalue weighted by Crippen LogP contribution is 2.17. The monoisotopic (exact) mass is 407 g/mol. The smallest absolute Gasteiger partial charge is 0.194 e. The van der Waals surface area contributed by atoms with Crippen molar-refractivity contribution < 1.29 is 9.47 Å². The van der Waals surface area contributed by atoms with E-state index in [2.05, 4.69) is 39.2 Å². The van der Waals surface area contributed by atoms with Gasteiger partial charge < -0.3 is 24.3 Å². The van der Waals surface area contributed by atoms with Crippen LogP contribution in [0.3, 0.4) is 0 Å². The largest absolute Gasteiger partial charge is 0.383 e. The van der Waals surface area contributed by atoms with E-state index in [4.69, 9.17) is 14.5 Å². The minimum absolute atomic E-state index is 0.273. The summed E-state index contributed by atoms with van der Waals surface area (Å²) in [5, 5.41) is 12.0. The van der Waals surface area contributed by atoms with Crippen LogP contribution in [0, 0.1) is 6.92 Å². The maximum atomic E-state index is 5.79. The molecule has 29 heavy (non-hydrogen) atoms. The molecule has 164 valence electrons. The summed E-state index contributed by atoms with van der Waals surface area (Å²) in [5.74, 6) is 2.71. The lowest BCUT2D eigenvalue weighted by Gasteiger charge is -2.45. The molecule has 1 aromatic rings. The number of aliphatic imine (C=N–C) groups is 1. The van der Waals surface area contributed by atoms with Crippen molar-refractivity contribution in [2.45, 2.75) is 58.3 Å². The molecule has 2 aliphatic heterocycles. The second kappa shape index (κ2) is 10.4. The molecule has 2 saturated heterocycles. The number of hydrogen-bond acceptors (Lipinski definition) is 6. The number of methoxy groups -OCH3 is 1. The van der Waals surface area contributed by atoms with Gasteiger partial charge in [0, 0.05) is 59.0 Å². The van der Waals surface area contributed by atoms with Crippen LogP contribution in [-0.4, -0.2) is 95.2 Å². The van der Waals surface area contributed by atoms with Gasteiger partial charge in [0.25, 0.3) is 0 Å². The zero-order valence-corrected chi connectivity index (χ0v) is 18.6. The normalized spacial score (nSPS) is 26.3. The Labute approximate surface area is 174 Å². The van der Waals surface area contributed by atoms with Gasteiger partial charge in [-0.15, -0.1) is 10.2 Å². The van der Waals surface area contributed by atoms with Crippen molar-refractivity contribution in [3.05, 3.63) is 11.6 Å². The summed E-state index contributed by atoms with van der Waals surface area (Å²) in [6.45, 7) is 12.3. The van der Waals surface area contributed by atoms with Gasteiger partial charge in [0.15, 0.2) is 11.8 Å². The van der Waals surface area contributed by atoms with Crippen LogP contribution in [-0.2, 0) is 23.1 Å². The molecule has 1 aromatic heterocycles. The van der Waals surface area contributed by atoms with Crippen molar-refractivity contribution in [1.82, 2.24) is 29.9 Å². The molecular weight excluding hydrogens is 370 g/mol. The van der Waals surface area contributed by atoms with Crippen molar-refractivity contribution in [3.8, 4) is 0 Å². The van der Waals surface area contributed by atoms with E-state index in [0.717, 1.165) is 69.8 Å². The third kappa shape index (κ3) is 5.67. The Morgan fingerprint density at radius 1 is 1.28 bits per heavy atom. The van der Waals surface area contributed by atoms with E-state index < -0.39 is 0 Å². The van der Waals surface area contributed by atoms with E-state index in [9.17, 15) is 0 Å². The number of aryl methyl sites for hydroxylation is 1. The maximum absolute atomic E-state index is 5.79. The zero-order valence-electron chi connectivity index (χ0n) is 18.6. The minimum atomic E-state index is 0.273. The van der Waals surface area contributed by atoms with Crippen LogP contribution in [0.5, 0.6) is 0 Å². The number of ether oxygens (including phenoxy) is 2. The van der Waals surface area contributed by atoms with Crippen LogP contribution in [0.15, 0.2) is 4.99 Å². The Morgan fingerprint density at radius 3 is 2.62 bits per heavy atom. The van der Waals surface area contributed by atoms with Crippen LogP contribution in [0.25, 0.3) is 0 Å². The summed E-state index contributed by atoms with van der Waals surface area (Å²) in [4.78, 5) is 9.81. The van der Waals surface area contributed by atoms with Crippen molar-refractivity contribution in [2.75, 3.05) is 46.5 Å². The highest BCUT2D eigenvalue weighted by Gasteiger charge is 2.31.